The fourth-order valence-corrected chi connectivity index (χ4v) is 1.84. The van der Waals surface area contributed by atoms with Crippen LogP contribution in [0, 0.1) is 13.8 Å². The quantitative estimate of drug-likeness (QED) is 0.785. The second-order valence-corrected chi connectivity index (χ2v) is 4.44. The summed E-state index contributed by atoms with van der Waals surface area (Å²) >= 11 is 0. The molecule has 1 amide bonds. The number of carbonyl (C=O) groups excluding carboxylic acids is 1. The third-order valence-corrected chi connectivity index (χ3v) is 3.11. The van der Waals surface area contributed by atoms with Gasteiger partial charge in [-0.25, -0.2) is 4.98 Å². The van der Waals surface area contributed by atoms with E-state index in [-0.39, 0.29) is 5.91 Å². The lowest BCUT2D eigenvalue weighted by molar-refractivity contribution is 0.0963. The van der Waals surface area contributed by atoms with Gasteiger partial charge in [-0.15, -0.1) is 0 Å². The SMILES string of the molecule is CNC(=O)c1ccc(C)c(NCc2nc[nH]c2C)c1. The van der Waals surface area contributed by atoms with E-state index in [1.165, 1.54) is 0 Å². The highest BCUT2D eigenvalue weighted by atomic mass is 16.1. The van der Waals surface area contributed by atoms with Crippen molar-refractivity contribution in [3.63, 3.8) is 0 Å². The van der Waals surface area contributed by atoms with Crippen molar-refractivity contribution in [3.05, 3.63) is 47.0 Å². The third-order valence-electron chi connectivity index (χ3n) is 3.11. The molecule has 1 aromatic heterocycles. The molecule has 3 N–H and O–H groups in total. The van der Waals surface area contributed by atoms with E-state index in [0.717, 1.165) is 22.6 Å². The zero-order chi connectivity index (χ0) is 13.8. The molecule has 2 aromatic rings. The van der Waals surface area contributed by atoms with Crippen LogP contribution in [0.4, 0.5) is 5.69 Å². The highest BCUT2D eigenvalue weighted by molar-refractivity contribution is 5.95. The highest BCUT2D eigenvalue weighted by Gasteiger charge is 2.07. The number of aromatic amines is 1. The monoisotopic (exact) mass is 258 g/mol. The van der Waals surface area contributed by atoms with Gasteiger partial charge in [-0.3, -0.25) is 4.79 Å². The molecule has 0 aliphatic rings. The van der Waals surface area contributed by atoms with Gasteiger partial charge in [0.05, 0.1) is 18.6 Å². The summed E-state index contributed by atoms with van der Waals surface area (Å²) in [4.78, 5) is 18.9. The van der Waals surface area contributed by atoms with E-state index in [9.17, 15) is 4.79 Å². The zero-order valence-electron chi connectivity index (χ0n) is 11.4. The van der Waals surface area contributed by atoms with Crippen molar-refractivity contribution in [2.75, 3.05) is 12.4 Å². The van der Waals surface area contributed by atoms with Crippen LogP contribution in [0.3, 0.4) is 0 Å². The molecule has 0 radical (unpaired) electrons. The van der Waals surface area contributed by atoms with Gasteiger partial charge in [0.25, 0.3) is 5.91 Å². The number of carbonyl (C=O) groups is 1. The van der Waals surface area contributed by atoms with E-state index < -0.39 is 0 Å². The molecule has 0 unspecified atom stereocenters. The lowest BCUT2D eigenvalue weighted by Crippen LogP contribution is -2.18. The topological polar surface area (TPSA) is 69.8 Å². The summed E-state index contributed by atoms with van der Waals surface area (Å²) in [5.41, 5.74) is 4.72. The van der Waals surface area contributed by atoms with Gasteiger partial charge < -0.3 is 15.6 Å². The Morgan fingerprint density at radius 1 is 1.37 bits per heavy atom. The smallest absolute Gasteiger partial charge is 0.251 e. The molecule has 5 heteroatoms. The number of benzene rings is 1. The molecule has 0 aliphatic heterocycles. The molecular weight excluding hydrogens is 240 g/mol. The molecule has 5 nitrogen and oxygen atoms in total. The minimum absolute atomic E-state index is 0.0843. The molecule has 0 fully saturated rings. The first-order valence-electron chi connectivity index (χ1n) is 6.17. The van der Waals surface area contributed by atoms with Crippen molar-refractivity contribution >= 4 is 11.6 Å². The number of amides is 1. The molecule has 0 bridgehead atoms. The Kier molecular flexibility index (Phi) is 3.85. The van der Waals surface area contributed by atoms with Gasteiger partial charge in [-0.2, -0.15) is 0 Å². The fraction of sp³-hybridized carbons (Fsp3) is 0.286. The van der Waals surface area contributed by atoms with Crippen LogP contribution in [-0.4, -0.2) is 22.9 Å². The summed E-state index contributed by atoms with van der Waals surface area (Å²) in [5.74, 6) is -0.0843. The van der Waals surface area contributed by atoms with Crippen LogP contribution in [0.1, 0.15) is 27.3 Å². The van der Waals surface area contributed by atoms with E-state index in [4.69, 9.17) is 0 Å². The van der Waals surface area contributed by atoms with E-state index in [1.54, 1.807) is 13.4 Å². The van der Waals surface area contributed by atoms with Gasteiger partial charge >= 0.3 is 0 Å². The molecule has 100 valence electrons. The van der Waals surface area contributed by atoms with E-state index in [0.29, 0.717) is 12.1 Å². The summed E-state index contributed by atoms with van der Waals surface area (Å²) in [5, 5.41) is 5.94. The van der Waals surface area contributed by atoms with Crippen molar-refractivity contribution in [1.29, 1.82) is 0 Å². The first kappa shape index (κ1) is 13.1. The lowest BCUT2D eigenvalue weighted by atomic mass is 10.1. The van der Waals surface area contributed by atoms with Crippen LogP contribution < -0.4 is 10.6 Å². The van der Waals surface area contributed by atoms with Crippen LogP contribution >= 0.6 is 0 Å². The zero-order valence-corrected chi connectivity index (χ0v) is 11.4. The van der Waals surface area contributed by atoms with Gasteiger partial charge in [-0.05, 0) is 31.5 Å². The van der Waals surface area contributed by atoms with E-state index in [2.05, 4.69) is 20.6 Å². The van der Waals surface area contributed by atoms with E-state index in [1.807, 2.05) is 32.0 Å². The Labute approximate surface area is 112 Å². The normalized spacial score (nSPS) is 10.3. The number of hydrogen-bond acceptors (Lipinski definition) is 3. The van der Waals surface area contributed by atoms with Crippen LogP contribution in [-0.2, 0) is 6.54 Å². The van der Waals surface area contributed by atoms with Crippen molar-refractivity contribution in [1.82, 2.24) is 15.3 Å². The van der Waals surface area contributed by atoms with Crippen molar-refractivity contribution < 1.29 is 4.79 Å². The average molecular weight is 258 g/mol. The summed E-state index contributed by atoms with van der Waals surface area (Å²) in [7, 11) is 1.63. The van der Waals surface area contributed by atoms with Gasteiger partial charge in [0.2, 0.25) is 0 Å². The second-order valence-electron chi connectivity index (χ2n) is 4.44. The highest BCUT2D eigenvalue weighted by Crippen LogP contribution is 2.18. The van der Waals surface area contributed by atoms with Crippen molar-refractivity contribution in [2.24, 2.45) is 0 Å². The molecule has 0 atom stereocenters. The maximum Gasteiger partial charge on any atom is 0.251 e. The Morgan fingerprint density at radius 3 is 2.79 bits per heavy atom. The Balaban J connectivity index is 2.15. The Bertz CT molecular complexity index is 589. The molecule has 1 aromatic carbocycles. The van der Waals surface area contributed by atoms with Gasteiger partial charge in [0, 0.05) is 24.0 Å². The lowest BCUT2D eigenvalue weighted by Gasteiger charge is -2.10. The summed E-state index contributed by atoms with van der Waals surface area (Å²) in [6, 6.07) is 5.61. The number of rotatable bonds is 4. The van der Waals surface area contributed by atoms with Crippen LogP contribution in [0.25, 0.3) is 0 Å². The fourth-order valence-electron chi connectivity index (χ4n) is 1.84. The largest absolute Gasteiger partial charge is 0.379 e. The number of hydrogen-bond donors (Lipinski definition) is 3. The number of aryl methyl sites for hydroxylation is 2. The van der Waals surface area contributed by atoms with Gasteiger partial charge in [-0.1, -0.05) is 6.07 Å². The second kappa shape index (κ2) is 5.56. The first-order chi connectivity index (χ1) is 9.11. The standard InChI is InChI=1S/C14H18N4O/c1-9-4-5-11(14(19)15-3)6-12(9)16-7-13-10(2)17-8-18-13/h4-6,8,16H,7H2,1-3H3,(H,15,19)(H,17,18). The number of aromatic nitrogens is 2. The maximum atomic E-state index is 11.6. The van der Waals surface area contributed by atoms with Crippen molar-refractivity contribution in [3.8, 4) is 0 Å². The average Bonchev–Trinajstić information content (AvgIpc) is 2.82. The van der Waals surface area contributed by atoms with Gasteiger partial charge in [0.1, 0.15) is 0 Å². The molecule has 0 aliphatic carbocycles. The number of nitrogens with zero attached hydrogens (tertiary/aromatic N) is 1. The number of imidazole rings is 1. The van der Waals surface area contributed by atoms with Crippen LogP contribution in [0.15, 0.2) is 24.5 Å². The number of anilines is 1. The molecule has 2 rings (SSSR count). The summed E-state index contributed by atoms with van der Waals surface area (Å²) in [6.45, 7) is 4.62. The minimum Gasteiger partial charge on any atom is -0.379 e. The molecule has 0 saturated carbocycles. The Hall–Kier alpha value is -2.30. The minimum atomic E-state index is -0.0843. The number of nitrogens with one attached hydrogen (secondary N) is 3. The molecular formula is C14H18N4O. The predicted molar refractivity (Wildman–Crippen MR) is 75.2 cm³/mol. The molecule has 19 heavy (non-hydrogen) atoms. The van der Waals surface area contributed by atoms with Crippen LogP contribution in [0.2, 0.25) is 0 Å². The summed E-state index contributed by atoms with van der Waals surface area (Å²) in [6.07, 6.45) is 1.68. The van der Waals surface area contributed by atoms with Gasteiger partial charge in [0.15, 0.2) is 0 Å². The molecule has 0 spiro atoms. The van der Waals surface area contributed by atoms with Crippen molar-refractivity contribution in [2.45, 2.75) is 20.4 Å². The summed E-state index contributed by atoms with van der Waals surface area (Å²) < 4.78 is 0. The Morgan fingerprint density at radius 2 is 2.16 bits per heavy atom. The molecule has 1 heterocycles. The number of H-pyrrole nitrogens is 1. The first-order valence-corrected chi connectivity index (χ1v) is 6.17. The third kappa shape index (κ3) is 2.93. The van der Waals surface area contributed by atoms with Crippen LogP contribution in [0.5, 0.6) is 0 Å². The predicted octanol–water partition coefficient (Wildman–Crippen LogP) is 2.00. The van der Waals surface area contributed by atoms with E-state index >= 15 is 0 Å². The maximum absolute atomic E-state index is 11.6. The molecule has 0 saturated heterocycles.